The van der Waals surface area contributed by atoms with Crippen molar-refractivity contribution in [1.82, 2.24) is 30.4 Å². The number of hydrogen-bond acceptors (Lipinski definition) is 6. The van der Waals surface area contributed by atoms with E-state index in [1.165, 1.54) is 0 Å². The number of aromatic nitrogens is 4. The number of rotatable bonds is 10. The lowest BCUT2D eigenvalue weighted by Gasteiger charge is -2.38. The minimum atomic E-state index is -0.512. The molecule has 1 aliphatic heterocycles. The predicted molar refractivity (Wildman–Crippen MR) is 141 cm³/mol. The van der Waals surface area contributed by atoms with Crippen LogP contribution in [0, 0.1) is 5.92 Å². The fourth-order valence-electron chi connectivity index (χ4n) is 4.76. The molecule has 1 aromatic heterocycles. The molecule has 1 saturated heterocycles. The van der Waals surface area contributed by atoms with Gasteiger partial charge >= 0.3 is 0 Å². The number of morpholine rings is 1. The smallest absolute Gasteiger partial charge is 0.245 e. The first-order chi connectivity index (χ1) is 18.0. The quantitative estimate of drug-likeness (QED) is 0.449. The van der Waals surface area contributed by atoms with Gasteiger partial charge in [0.2, 0.25) is 11.8 Å². The van der Waals surface area contributed by atoms with Gasteiger partial charge in [0, 0.05) is 31.6 Å². The van der Waals surface area contributed by atoms with Crippen LogP contribution in [0.5, 0.6) is 0 Å². The molecule has 0 bridgehead atoms. The second-order valence-corrected chi connectivity index (χ2v) is 9.74. The average molecular weight is 505 g/mol. The van der Waals surface area contributed by atoms with Crippen molar-refractivity contribution >= 4 is 11.8 Å². The van der Waals surface area contributed by atoms with Gasteiger partial charge in [-0.2, -0.15) is 0 Å². The number of benzene rings is 2. The van der Waals surface area contributed by atoms with Gasteiger partial charge in [0.05, 0.1) is 13.2 Å². The summed E-state index contributed by atoms with van der Waals surface area (Å²) < 4.78 is 5.44. The lowest BCUT2D eigenvalue weighted by atomic mass is 9.96. The zero-order valence-corrected chi connectivity index (χ0v) is 21.9. The second-order valence-electron chi connectivity index (χ2n) is 9.74. The molecule has 1 N–H and O–H groups in total. The van der Waals surface area contributed by atoms with E-state index in [2.05, 4.69) is 27.5 Å². The summed E-state index contributed by atoms with van der Waals surface area (Å²) in [4.78, 5) is 30.6. The first-order valence-corrected chi connectivity index (χ1v) is 13.1. The average Bonchev–Trinajstić information content (AvgIpc) is 3.47. The van der Waals surface area contributed by atoms with E-state index < -0.39 is 6.04 Å². The molecule has 1 aliphatic rings. The molecule has 0 radical (unpaired) electrons. The highest BCUT2D eigenvalue weighted by atomic mass is 16.5. The summed E-state index contributed by atoms with van der Waals surface area (Å²) in [6, 6.07) is 15.6. The largest absolute Gasteiger partial charge is 0.378 e. The third-order valence-corrected chi connectivity index (χ3v) is 6.75. The van der Waals surface area contributed by atoms with Crippen molar-refractivity contribution in [2.24, 2.45) is 5.92 Å². The molecule has 9 nitrogen and oxygen atoms in total. The van der Waals surface area contributed by atoms with Gasteiger partial charge in [-0.1, -0.05) is 75.7 Å². The van der Waals surface area contributed by atoms with E-state index in [-0.39, 0.29) is 17.7 Å². The Morgan fingerprint density at radius 3 is 2.38 bits per heavy atom. The van der Waals surface area contributed by atoms with Gasteiger partial charge in [0.15, 0.2) is 5.82 Å². The molecule has 1 atom stereocenters. The van der Waals surface area contributed by atoms with Crippen molar-refractivity contribution in [2.75, 3.05) is 26.3 Å². The highest BCUT2D eigenvalue weighted by molar-refractivity contribution is 5.88. The third kappa shape index (κ3) is 6.40. The van der Waals surface area contributed by atoms with Crippen LogP contribution in [0.4, 0.5) is 0 Å². The number of carbonyl (C=O) groups is 2. The number of carbonyl (C=O) groups excluding carboxylic acids is 2. The molecule has 2 aromatic carbocycles. The van der Waals surface area contributed by atoms with Crippen LogP contribution in [0.25, 0.3) is 22.5 Å². The SMILES string of the molecule is CCCCC(=O)N(Cc1ccc(-c2ccccc2-c2nnn[nH]2)cc1)C(C(=O)N1CCOCC1)C(C)C. The van der Waals surface area contributed by atoms with Gasteiger partial charge in [-0.25, -0.2) is 5.10 Å². The van der Waals surface area contributed by atoms with Crippen molar-refractivity contribution in [3.05, 3.63) is 54.1 Å². The Morgan fingerprint density at radius 2 is 1.76 bits per heavy atom. The number of unbranched alkanes of at least 4 members (excludes halogenated alkanes) is 1. The van der Waals surface area contributed by atoms with Crippen LogP contribution in [-0.2, 0) is 20.9 Å². The van der Waals surface area contributed by atoms with E-state index in [0.29, 0.717) is 45.1 Å². The van der Waals surface area contributed by atoms with E-state index in [1.54, 1.807) is 4.90 Å². The van der Waals surface area contributed by atoms with Crippen LogP contribution >= 0.6 is 0 Å². The molecule has 196 valence electrons. The highest BCUT2D eigenvalue weighted by Crippen LogP contribution is 2.30. The topological polar surface area (TPSA) is 104 Å². The highest BCUT2D eigenvalue weighted by Gasteiger charge is 2.35. The molecule has 9 heteroatoms. The molecule has 0 saturated carbocycles. The summed E-state index contributed by atoms with van der Waals surface area (Å²) in [5.74, 6) is 0.625. The fourth-order valence-corrected chi connectivity index (χ4v) is 4.76. The van der Waals surface area contributed by atoms with Crippen molar-refractivity contribution in [3.8, 4) is 22.5 Å². The normalized spacial score (nSPS) is 14.5. The Morgan fingerprint density at radius 1 is 1.05 bits per heavy atom. The summed E-state index contributed by atoms with van der Waals surface area (Å²) in [6.07, 6.45) is 2.17. The zero-order valence-electron chi connectivity index (χ0n) is 21.9. The first-order valence-electron chi connectivity index (χ1n) is 13.1. The molecule has 0 spiro atoms. The Balaban J connectivity index is 1.59. The summed E-state index contributed by atoms with van der Waals surface area (Å²) in [6.45, 7) is 8.68. The molecule has 2 amide bonds. The number of amides is 2. The van der Waals surface area contributed by atoms with Gasteiger partial charge in [-0.15, -0.1) is 5.10 Å². The summed E-state index contributed by atoms with van der Waals surface area (Å²) in [5, 5.41) is 14.3. The van der Waals surface area contributed by atoms with Crippen LogP contribution in [0.2, 0.25) is 0 Å². The standard InChI is InChI=1S/C28H36N6O3/c1-4-5-10-25(35)34(26(20(2)3)28(36)33-15-17-37-18-16-33)19-21-11-13-22(14-12-21)23-8-6-7-9-24(23)27-29-31-32-30-27/h6-9,11-14,20,26H,4-5,10,15-19H2,1-3H3,(H,29,30,31,32). The molecule has 1 fully saturated rings. The van der Waals surface area contributed by atoms with E-state index in [4.69, 9.17) is 4.74 Å². The van der Waals surface area contributed by atoms with Crippen molar-refractivity contribution < 1.29 is 14.3 Å². The molecule has 1 unspecified atom stereocenters. The molecule has 2 heterocycles. The second kappa shape index (κ2) is 12.6. The van der Waals surface area contributed by atoms with E-state index in [9.17, 15) is 9.59 Å². The Bertz CT molecular complexity index is 1160. The minimum Gasteiger partial charge on any atom is -0.378 e. The third-order valence-electron chi connectivity index (χ3n) is 6.75. The van der Waals surface area contributed by atoms with Crippen molar-refractivity contribution in [2.45, 2.75) is 52.6 Å². The number of H-pyrrole nitrogens is 1. The summed E-state index contributed by atoms with van der Waals surface area (Å²) >= 11 is 0. The minimum absolute atomic E-state index is 0.00867. The first kappa shape index (κ1) is 26.5. The maximum Gasteiger partial charge on any atom is 0.245 e. The van der Waals surface area contributed by atoms with E-state index in [1.807, 2.05) is 67.3 Å². The van der Waals surface area contributed by atoms with Gasteiger partial charge in [-0.3, -0.25) is 9.59 Å². The Hall–Kier alpha value is -3.59. The van der Waals surface area contributed by atoms with Crippen molar-refractivity contribution in [3.63, 3.8) is 0 Å². The Kier molecular flexibility index (Phi) is 9.00. The molecule has 4 rings (SSSR count). The fraction of sp³-hybridized carbons (Fsp3) is 0.464. The van der Waals surface area contributed by atoms with Crippen LogP contribution in [0.1, 0.15) is 45.6 Å². The number of nitrogens with one attached hydrogen (secondary N) is 1. The molecule has 37 heavy (non-hydrogen) atoms. The summed E-state index contributed by atoms with van der Waals surface area (Å²) in [5.41, 5.74) is 3.91. The predicted octanol–water partition coefficient (Wildman–Crippen LogP) is 3.94. The maximum atomic E-state index is 13.6. The summed E-state index contributed by atoms with van der Waals surface area (Å²) in [7, 11) is 0. The van der Waals surface area contributed by atoms with Crippen LogP contribution in [-0.4, -0.2) is 74.6 Å². The van der Waals surface area contributed by atoms with E-state index >= 15 is 0 Å². The molecular formula is C28H36N6O3. The lowest BCUT2D eigenvalue weighted by Crippen LogP contribution is -2.55. The number of nitrogens with zero attached hydrogens (tertiary/aromatic N) is 5. The van der Waals surface area contributed by atoms with E-state index in [0.717, 1.165) is 35.1 Å². The molecular weight excluding hydrogens is 468 g/mol. The number of hydrogen-bond donors (Lipinski definition) is 1. The molecule has 0 aliphatic carbocycles. The van der Waals surface area contributed by atoms with Crippen LogP contribution in [0.3, 0.4) is 0 Å². The number of aromatic amines is 1. The lowest BCUT2D eigenvalue weighted by molar-refractivity contribution is -0.151. The van der Waals surface area contributed by atoms with Gasteiger partial charge in [0.1, 0.15) is 6.04 Å². The monoisotopic (exact) mass is 504 g/mol. The maximum absolute atomic E-state index is 13.6. The van der Waals surface area contributed by atoms with Gasteiger partial charge in [-0.05, 0) is 39.5 Å². The number of tetrazole rings is 1. The zero-order chi connectivity index (χ0) is 26.2. The molecule has 3 aromatic rings. The number of ether oxygens (including phenoxy) is 1. The van der Waals surface area contributed by atoms with Crippen molar-refractivity contribution in [1.29, 1.82) is 0 Å². The van der Waals surface area contributed by atoms with Crippen LogP contribution < -0.4 is 0 Å². The Labute approximate surface area is 218 Å². The van der Waals surface area contributed by atoms with Gasteiger partial charge in [0.25, 0.3) is 0 Å². The van der Waals surface area contributed by atoms with Gasteiger partial charge < -0.3 is 14.5 Å². The van der Waals surface area contributed by atoms with Crippen LogP contribution in [0.15, 0.2) is 48.5 Å².